The fourth-order valence-corrected chi connectivity index (χ4v) is 4.15. The van der Waals surface area contributed by atoms with Gasteiger partial charge in [0, 0.05) is 26.2 Å². The molecule has 0 aromatic heterocycles. The maximum absolute atomic E-state index is 12.6. The van der Waals surface area contributed by atoms with Crippen LogP contribution in [-0.4, -0.2) is 61.5 Å². The number of hydrogen-bond donors (Lipinski definition) is 1. The lowest BCUT2D eigenvalue weighted by molar-refractivity contribution is -0.136. The normalized spacial score (nSPS) is 29.7. The van der Waals surface area contributed by atoms with Crippen molar-refractivity contribution < 1.29 is 4.79 Å². The van der Waals surface area contributed by atoms with Crippen LogP contribution in [0.3, 0.4) is 0 Å². The van der Waals surface area contributed by atoms with Gasteiger partial charge in [0.1, 0.15) is 0 Å². The van der Waals surface area contributed by atoms with Crippen LogP contribution in [0, 0.1) is 17.8 Å². The number of hydrogen-bond acceptors (Lipinski definition) is 3. The molecule has 0 saturated carbocycles. The number of amides is 1. The molecule has 3 aliphatic heterocycles. The molecule has 0 aromatic rings. The van der Waals surface area contributed by atoms with Crippen molar-refractivity contribution in [3.8, 4) is 0 Å². The van der Waals surface area contributed by atoms with E-state index in [1.165, 1.54) is 45.3 Å². The molecule has 0 aliphatic carbocycles. The van der Waals surface area contributed by atoms with Crippen LogP contribution in [0.1, 0.15) is 39.0 Å². The standard InChI is InChI=1S/C17H31N3O.2ClH/c1-14-5-9-19(10-6-14)12-15-3-2-8-20(13-15)17(21)16-4-7-18-11-16;;/h14-16,18H,2-13H2,1H3;2*1H. The molecule has 2 atom stereocenters. The van der Waals surface area contributed by atoms with E-state index in [1.807, 2.05) is 0 Å². The highest BCUT2D eigenvalue weighted by Gasteiger charge is 2.31. The number of piperidine rings is 2. The van der Waals surface area contributed by atoms with Crippen molar-refractivity contribution in [1.29, 1.82) is 0 Å². The minimum Gasteiger partial charge on any atom is -0.342 e. The topological polar surface area (TPSA) is 35.6 Å². The Hall–Kier alpha value is -0.0300. The van der Waals surface area contributed by atoms with Gasteiger partial charge in [-0.25, -0.2) is 0 Å². The SMILES string of the molecule is CC1CCN(CC2CCCN(C(=O)C3CCNC3)C2)CC1.Cl.Cl. The summed E-state index contributed by atoms with van der Waals surface area (Å²) in [7, 11) is 0. The molecular weight excluding hydrogens is 333 g/mol. The van der Waals surface area contributed by atoms with Crippen molar-refractivity contribution in [2.75, 3.05) is 45.8 Å². The Morgan fingerprint density at radius 2 is 1.83 bits per heavy atom. The van der Waals surface area contributed by atoms with Gasteiger partial charge in [0.15, 0.2) is 0 Å². The van der Waals surface area contributed by atoms with Crippen molar-refractivity contribution in [1.82, 2.24) is 15.1 Å². The lowest BCUT2D eigenvalue weighted by Gasteiger charge is -2.38. The van der Waals surface area contributed by atoms with Gasteiger partial charge in [-0.1, -0.05) is 6.92 Å². The van der Waals surface area contributed by atoms with Gasteiger partial charge in [-0.2, -0.15) is 0 Å². The Morgan fingerprint density at radius 1 is 1.09 bits per heavy atom. The molecule has 3 fully saturated rings. The third-order valence-electron chi connectivity index (χ3n) is 5.63. The van der Waals surface area contributed by atoms with E-state index in [1.54, 1.807) is 0 Å². The summed E-state index contributed by atoms with van der Waals surface area (Å²) < 4.78 is 0. The Bertz CT molecular complexity index is 356. The lowest BCUT2D eigenvalue weighted by Crippen LogP contribution is -2.47. The first-order chi connectivity index (χ1) is 10.2. The lowest BCUT2D eigenvalue weighted by atomic mass is 9.93. The van der Waals surface area contributed by atoms with Gasteiger partial charge < -0.3 is 15.1 Å². The summed E-state index contributed by atoms with van der Waals surface area (Å²) in [5.41, 5.74) is 0. The third-order valence-corrected chi connectivity index (χ3v) is 5.63. The molecule has 136 valence electrons. The molecule has 0 bridgehead atoms. The second-order valence-corrected chi connectivity index (χ2v) is 7.47. The van der Waals surface area contributed by atoms with Crippen LogP contribution in [0.15, 0.2) is 0 Å². The zero-order valence-electron chi connectivity index (χ0n) is 14.3. The van der Waals surface area contributed by atoms with E-state index in [-0.39, 0.29) is 30.7 Å². The van der Waals surface area contributed by atoms with E-state index < -0.39 is 0 Å². The van der Waals surface area contributed by atoms with E-state index in [0.29, 0.717) is 11.8 Å². The molecule has 1 N–H and O–H groups in total. The van der Waals surface area contributed by atoms with E-state index in [4.69, 9.17) is 0 Å². The third kappa shape index (κ3) is 5.77. The van der Waals surface area contributed by atoms with Crippen molar-refractivity contribution >= 4 is 30.7 Å². The van der Waals surface area contributed by atoms with Crippen molar-refractivity contribution in [2.45, 2.75) is 39.0 Å². The fraction of sp³-hybridized carbons (Fsp3) is 0.941. The van der Waals surface area contributed by atoms with E-state index >= 15 is 0 Å². The monoisotopic (exact) mass is 365 g/mol. The predicted molar refractivity (Wildman–Crippen MR) is 99.6 cm³/mol. The Morgan fingerprint density at radius 3 is 2.48 bits per heavy atom. The number of rotatable bonds is 3. The van der Waals surface area contributed by atoms with Gasteiger partial charge in [-0.15, -0.1) is 24.8 Å². The predicted octanol–water partition coefficient (Wildman–Crippen LogP) is 2.41. The molecule has 3 rings (SSSR count). The summed E-state index contributed by atoms with van der Waals surface area (Å²) >= 11 is 0. The molecule has 0 aromatic carbocycles. The summed E-state index contributed by atoms with van der Waals surface area (Å²) in [5.74, 6) is 2.27. The first-order valence-electron chi connectivity index (χ1n) is 8.94. The summed E-state index contributed by atoms with van der Waals surface area (Å²) in [6, 6.07) is 0. The smallest absolute Gasteiger partial charge is 0.227 e. The zero-order valence-corrected chi connectivity index (χ0v) is 16.0. The number of nitrogens with zero attached hydrogens (tertiary/aromatic N) is 2. The van der Waals surface area contributed by atoms with E-state index in [2.05, 4.69) is 22.0 Å². The van der Waals surface area contributed by atoms with Crippen LogP contribution in [0.4, 0.5) is 0 Å². The number of halogens is 2. The summed E-state index contributed by atoms with van der Waals surface area (Å²) in [5, 5.41) is 3.32. The average molecular weight is 366 g/mol. The van der Waals surface area contributed by atoms with Gasteiger partial charge in [-0.05, 0) is 63.6 Å². The quantitative estimate of drug-likeness (QED) is 0.833. The van der Waals surface area contributed by atoms with Crippen molar-refractivity contribution in [2.24, 2.45) is 17.8 Å². The van der Waals surface area contributed by atoms with Gasteiger partial charge in [0.25, 0.3) is 0 Å². The van der Waals surface area contributed by atoms with Crippen molar-refractivity contribution in [3.05, 3.63) is 0 Å². The molecule has 23 heavy (non-hydrogen) atoms. The van der Waals surface area contributed by atoms with Gasteiger partial charge in [-0.3, -0.25) is 4.79 Å². The molecule has 4 nitrogen and oxygen atoms in total. The molecule has 0 spiro atoms. The molecule has 2 unspecified atom stereocenters. The van der Waals surface area contributed by atoms with Crippen LogP contribution in [0.25, 0.3) is 0 Å². The minimum absolute atomic E-state index is 0. The van der Waals surface area contributed by atoms with Crippen LogP contribution < -0.4 is 5.32 Å². The second-order valence-electron chi connectivity index (χ2n) is 7.47. The Labute approximate surface area is 153 Å². The van der Waals surface area contributed by atoms with Crippen LogP contribution >= 0.6 is 24.8 Å². The maximum atomic E-state index is 12.6. The summed E-state index contributed by atoms with van der Waals surface area (Å²) in [6.45, 7) is 10.00. The first kappa shape index (κ1) is 21.0. The molecule has 1 amide bonds. The number of likely N-dealkylation sites (tertiary alicyclic amines) is 2. The summed E-state index contributed by atoms with van der Waals surface area (Å²) in [4.78, 5) is 17.4. The highest BCUT2D eigenvalue weighted by atomic mass is 35.5. The highest BCUT2D eigenvalue weighted by molar-refractivity contribution is 5.85. The number of carbonyl (C=O) groups is 1. The van der Waals surface area contributed by atoms with E-state index in [0.717, 1.165) is 38.5 Å². The zero-order chi connectivity index (χ0) is 14.7. The number of carbonyl (C=O) groups excluding carboxylic acids is 1. The fourth-order valence-electron chi connectivity index (χ4n) is 4.15. The summed E-state index contributed by atoms with van der Waals surface area (Å²) in [6.07, 6.45) is 6.23. The molecular formula is C17H33Cl2N3O. The van der Waals surface area contributed by atoms with Gasteiger partial charge in [0.2, 0.25) is 5.91 Å². The van der Waals surface area contributed by atoms with Crippen LogP contribution in [0.2, 0.25) is 0 Å². The minimum atomic E-state index is 0. The maximum Gasteiger partial charge on any atom is 0.227 e. The Balaban J connectivity index is 0.00000132. The largest absolute Gasteiger partial charge is 0.342 e. The van der Waals surface area contributed by atoms with E-state index in [9.17, 15) is 4.79 Å². The molecule has 6 heteroatoms. The highest BCUT2D eigenvalue weighted by Crippen LogP contribution is 2.23. The second kappa shape index (κ2) is 10.1. The molecule has 0 radical (unpaired) electrons. The van der Waals surface area contributed by atoms with Gasteiger partial charge >= 0.3 is 0 Å². The average Bonchev–Trinajstić information content (AvgIpc) is 3.03. The molecule has 3 heterocycles. The van der Waals surface area contributed by atoms with Crippen LogP contribution in [0.5, 0.6) is 0 Å². The first-order valence-corrected chi connectivity index (χ1v) is 8.94. The number of nitrogens with one attached hydrogen (secondary N) is 1. The van der Waals surface area contributed by atoms with Crippen LogP contribution in [-0.2, 0) is 4.79 Å². The van der Waals surface area contributed by atoms with Crippen molar-refractivity contribution in [3.63, 3.8) is 0 Å². The van der Waals surface area contributed by atoms with Gasteiger partial charge in [0.05, 0.1) is 5.92 Å². The Kier molecular flexibility index (Phi) is 9.20. The molecule has 3 aliphatic rings. The molecule has 3 saturated heterocycles.